The van der Waals surface area contributed by atoms with Gasteiger partial charge in [-0.2, -0.15) is 0 Å². The highest BCUT2D eigenvalue weighted by Crippen LogP contribution is 2.32. The molecule has 1 rings (SSSR count). The summed E-state index contributed by atoms with van der Waals surface area (Å²) in [5, 5.41) is 10.7. The van der Waals surface area contributed by atoms with E-state index >= 15 is 0 Å². The van der Waals surface area contributed by atoms with Crippen molar-refractivity contribution in [2.24, 2.45) is 11.7 Å². The molecule has 0 heterocycles. The Bertz CT molecular complexity index is 495. The van der Waals surface area contributed by atoms with Crippen LogP contribution in [0.4, 0.5) is 20.2 Å². The number of alkyl halides is 2. The van der Waals surface area contributed by atoms with E-state index in [0.717, 1.165) is 6.07 Å². The number of nitrogens with two attached hydrogens (primary N) is 1. The lowest BCUT2D eigenvalue weighted by atomic mass is 10.0. The van der Waals surface area contributed by atoms with Crippen LogP contribution in [0, 0.1) is 16.0 Å². The molecule has 0 aliphatic heterocycles. The second-order valence-electron chi connectivity index (χ2n) is 5.42. The zero-order valence-electron chi connectivity index (χ0n) is 12.4. The molecule has 118 valence electrons. The Morgan fingerprint density at radius 2 is 2.00 bits per heavy atom. The largest absolute Gasteiger partial charge is 0.374 e. The number of nitrogens with zero attached hydrogens (tertiary/aromatic N) is 2. The first-order chi connectivity index (χ1) is 9.73. The van der Waals surface area contributed by atoms with Gasteiger partial charge in [0.05, 0.1) is 4.92 Å². The van der Waals surface area contributed by atoms with Crippen molar-refractivity contribution in [2.75, 3.05) is 18.5 Å². The number of anilines is 1. The molecule has 1 unspecified atom stereocenters. The van der Waals surface area contributed by atoms with Crippen molar-refractivity contribution in [1.29, 1.82) is 0 Å². The van der Waals surface area contributed by atoms with E-state index in [9.17, 15) is 18.9 Å². The van der Waals surface area contributed by atoms with Crippen molar-refractivity contribution < 1.29 is 13.7 Å². The highest BCUT2D eigenvalue weighted by Gasteiger charge is 2.20. The Morgan fingerprint density at radius 3 is 2.48 bits per heavy atom. The molecule has 1 atom stereocenters. The van der Waals surface area contributed by atoms with Gasteiger partial charge >= 0.3 is 0 Å². The van der Waals surface area contributed by atoms with Gasteiger partial charge in [-0.05, 0) is 18.4 Å². The lowest BCUT2D eigenvalue weighted by molar-refractivity contribution is -0.385. The van der Waals surface area contributed by atoms with Crippen molar-refractivity contribution in [3.8, 4) is 0 Å². The van der Waals surface area contributed by atoms with E-state index in [1.54, 1.807) is 11.9 Å². The normalized spacial score (nSPS) is 12.8. The first-order valence-corrected chi connectivity index (χ1v) is 6.77. The van der Waals surface area contributed by atoms with Gasteiger partial charge in [0.15, 0.2) is 0 Å². The van der Waals surface area contributed by atoms with Crippen LogP contribution in [0.2, 0.25) is 0 Å². The lowest BCUT2D eigenvalue weighted by Crippen LogP contribution is -2.32. The number of rotatable bonds is 7. The monoisotopic (exact) mass is 301 g/mol. The molecular formula is C14H21F2N3O2. The van der Waals surface area contributed by atoms with Crippen molar-refractivity contribution in [1.82, 2.24) is 0 Å². The van der Waals surface area contributed by atoms with Crippen molar-refractivity contribution >= 4 is 11.4 Å². The summed E-state index contributed by atoms with van der Waals surface area (Å²) in [6, 6.07) is 3.51. The highest BCUT2D eigenvalue weighted by atomic mass is 19.3. The first kappa shape index (κ1) is 17.3. The van der Waals surface area contributed by atoms with Gasteiger partial charge in [0.1, 0.15) is 0 Å². The molecule has 0 saturated carbocycles. The van der Waals surface area contributed by atoms with Crippen molar-refractivity contribution in [3.05, 3.63) is 33.9 Å². The van der Waals surface area contributed by atoms with Crippen molar-refractivity contribution in [3.63, 3.8) is 0 Å². The van der Waals surface area contributed by atoms with Crippen LogP contribution >= 0.6 is 0 Å². The Kier molecular flexibility index (Phi) is 6.02. The molecule has 0 aliphatic carbocycles. The fourth-order valence-corrected chi connectivity index (χ4v) is 1.97. The number of hydrogen-bond acceptors (Lipinski definition) is 4. The Morgan fingerprint density at radius 1 is 1.38 bits per heavy atom. The number of nitro groups is 1. The van der Waals surface area contributed by atoms with Gasteiger partial charge < -0.3 is 10.6 Å². The molecule has 0 spiro atoms. The maximum Gasteiger partial charge on any atom is 0.270 e. The Hall–Kier alpha value is -1.76. The summed E-state index contributed by atoms with van der Waals surface area (Å²) in [5.41, 5.74) is 5.58. The molecule has 1 aromatic rings. The molecule has 0 bridgehead atoms. The summed E-state index contributed by atoms with van der Waals surface area (Å²) in [4.78, 5) is 11.7. The minimum atomic E-state index is -2.76. The lowest BCUT2D eigenvalue weighted by Gasteiger charge is -2.25. The van der Waals surface area contributed by atoms with Gasteiger partial charge in [0, 0.05) is 43.0 Å². The Balaban J connectivity index is 2.93. The second-order valence-corrected chi connectivity index (χ2v) is 5.42. The summed E-state index contributed by atoms with van der Waals surface area (Å²) >= 11 is 0. The highest BCUT2D eigenvalue weighted by molar-refractivity contribution is 5.58. The summed E-state index contributed by atoms with van der Waals surface area (Å²) < 4.78 is 26.2. The molecule has 7 heteroatoms. The van der Waals surface area contributed by atoms with Gasteiger partial charge in [-0.1, -0.05) is 13.8 Å². The average molecular weight is 301 g/mol. The van der Waals surface area contributed by atoms with Crippen LogP contribution in [0.15, 0.2) is 18.2 Å². The smallest absolute Gasteiger partial charge is 0.270 e. The number of nitro benzene ring substituents is 1. The third-order valence-electron chi connectivity index (χ3n) is 3.52. The van der Waals surface area contributed by atoms with E-state index in [1.165, 1.54) is 12.1 Å². The molecular weight excluding hydrogens is 280 g/mol. The molecule has 21 heavy (non-hydrogen) atoms. The molecule has 0 aliphatic rings. The SMILES string of the molecule is CC(C)C(N)CCN(C)c1ccc([N+](=O)[O-])cc1C(F)F. The van der Waals surface area contributed by atoms with Crippen LogP contribution in [-0.2, 0) is 0 Å². The zero-order chi connectivity index (χ0) is 16.2. The molecule has 5 nitrogen and oxygen atoms in total. The first-order valence-electron chi connectivity index (χ1n) is 6.77. The maximum atomic E-state index is 13.1. The minimum Gasteiger partial charge on any atom is -0.374 e. The van der Waals surface area contributed by atoms with Crippen LogP contribution in [0.3, 0.4) is 0 Å². The molecule has 1 aromatic carbocycles. The van der Waals surface area contributed by atoms with E-state index in [0.29, 0.717) is 24.6 Å². The summed E-state index contributed by atoms with van der Waals surface area (Å²) in [6.45, 7) is 4.51. The van der Waals surface area contributed by atoms with Gasteiger partial charge in [0.2, 0.25) is 0 Å². The van der Waals surface area contributed by atoms with Gasteiger partial charge in [-0.3, -0.25) is 10.1 Å². The molecule has 2 N–H and O–H groups in total. The maximum absolute atomic E-state index is 13.1. The molecule has 0 amide bonds. The summed E-state index contributed by atoms with van der Waals surface area (Å²) in [6.07, 6.45) is -2.10. The van der Waals surface area contributed by atoms with Gasteiger partial charge in [0.25, 0.3) is 12.1 Å². The van der Waals surface area contributed by atoms with E-state index in [-0.39, 0.29) is 17.3 Å². The zero-order valence-corrected chi connectivity index (χ0v) is 12.4. The molecule has 0 radical (unpaired) electrons. The van der Waals surface area contributed by atoms with Crippen LogP contribution in [0.25, 0.3) is 0 Å². The van der Waals surface area contributed by atoms with Crippen LogP contribution in [-0.4, -0.2) is 24.6 Å². The minimum absolute atomic E-state index is 0.0134. The predicted octanol–water partition coefficient (Wildman–Crippen LogP) is 3.34. The standard InChI is InChI=1S/C14H21F2N3O2/c1-9(2)12(17)6-7-18(3)13-5-4-10(19(20)21)8-11(13)14(15)16/h4-5,8-9,12,14H,6-7,17H2,1-3H3. The van der Waals surface area contributed by atoms with E-state index in [1.807, 2.05) is 13.8 Å². The number of halogens is 2. The van der Waals surface area contributed by atoms with Crippen LogP contribution < -0.4 is 10.6 Å². The molecule has 0 aromatic heterocycles. The third-order valence-corrected chi connectivity index (χ3v) is 3.52. The quantitative estimate of drug-likeness (QED) is 0.619. The second kappa shape index (κ2) is 7.31. The van der Waals surface area contributed by atoms with Gasteiger partial charge in [-0.15, -0.1) is 0 Å². The molecule has 0 fully saturated rings. The average Bonchev–Trinajstić information content (AvgIpc) is 2.43. The van der Waals surface area contributed by atoms with Crippen molar-refractivity contribution in [2.45, 2.75) is 32.7 Å². The molecule has 0 saturated heterocycles. The van der Waals surface area contributed by atoms with Gasteiger partial charge in [-0.25, -0.2) is 8.78 Å². The summed E-state index contributed by atoms with van der Waals surface area (Å²) in [5.74, 6) is 0.310. The van der Waals surface area contributed by atoms with Crippen LogP contribution in [0.1, 0.15) is 32.3 Å². The number of benzene rings is 1. The number of hydrogen-bond donors (Lipinski definition) is 1. The van der Waals surface area contributed by atoms with Crippen LogP contribution in [0.5, 0.6) is 0 Å². The fraction of sp³-hybridized carbons (Fsp3) is 0.571. The Labute approximate surface area is 122 Å². The number of non-ortho nitro benzene ring substituents is 1. The fourth-order valence-electron chi connectivity index (χ4n) is 1.97. The van der Waals surface area contributed by atoms with E-state index in [4.69, 9.17) is 5.73 Å². The topological polar surface area (TPSA) is 72.4 Å². The van der Waals surface area contributed by atoms with E-state index < -0.39 is 11.3 Å². The summed E-state index contributed by atoms with van der Waals surface area (Å²) in [7, 11) is 1.68. The van der Waals surface area contributed by atoms with E-state index in [2.05, 4.69) is 0 Å². The third kappa shape index (κ3) is 4.63. The predicted molar refractivity (Wildman–Crippen MR) is 78.8 cm³/mol.